The molecular formula is C15H21IN4. The van der Waals surface area contributed by atoms with Gasteiger partial charge in [0.25, 0.3) is 0 Å². The standard InChI is InChI=1S/C15H20N4.HI/c1-11-10-14(17-15(16-2)18(11)3)19-9-8-12-6-4-5-7-13(12)19;/h4-7,10-11H,8-9H2,1-3H3,(H,16,17);1H. The molecule has 0 aromatic heterocycles. The number of para-hydroxylation sites is 1. The monoisotopic (exact) mass is 384 g/mol. The maximum atomic E-state index is 4.32. The first-order valence-corrected chi connectivity index (χ1v) is 6.74. The lowest BCUT2D eigenvalue weighted by atomic mass is 10.2. The van der Waals surface area contributed by atoms with Crippen LogP contribution in [0.15, 0.2) is 41.2 Å². The van der Waals surface area contributed by atoms with Gasteiger partial charge in [-0.05, 0) is 31.1 Å². The fraction of sp³-hybridized carbons (Fsp3) is 0.400. The van der Waals surface area contributed by atoms with E-state index < -0.39 is 0 Å². The van der Waals surface area contributed by atoms with Gasteiger partial charge < -0.3 is 15.1 Å². The third-order valence-corrected chi connectivity index (χ3v) is 3.97. The molecule has 0 saturated heterocycles. The largest absolute Gasteiger partial charge is 0.339 e. The topological polar surface area (TPSA) is 30.9 Å². The van der Waals surface area contributed by atoms with Crippen molar-refractivity contribution in [1.29, 1.82) is 0 Å². The summed E-state index contributed by atoms with van der Waals surface area (Å²) < 4.78 is 0. The van der Waals surface area contributed by atoms with Crippen LogP contribution in [0.1, 0.15) is 12.5 Å². The summed E-state index contributed by atoms with van der Waals surface area (Å²) in [5, 5.41) is 3.43. The highest BCUT2D eigenvalue weighted by Crippen LogP contribution is 2.30. The SMILES string of the molecule is CN=C1NC(N2CCc3ccccc32)=CC(C)N1C.I. The summed E-state index contributed by atoms with van der Waals surface area (Å²) in [5.41, 5.74) is 2.74. The van der Waals surface area contributed by atoms with E-state index in [1.165, 1.54) is 11.3 Å². The molecule has 4 nitrogen and oxygen atoms in total. The van der Waals surface area contributed by atoms with Crippen molar-refractivity contribution >= 4 is 35.6 Å². The molecule has 20 heavy (non-hydrogen) atoms. The van der Waals surface area contributed by atoms with Crippen LogP contribution in [0.4, 0.5) is 5.69 Å². The van der Waals surface area contributed by atoms with Crippen LogP contribution >= 0.6 is 24.0 Å². The zero-order chi connectivity index (χ0) is 13.4. The molecule has 1 aromatic carbocycles. The van der Waals surface area contributed by atoms with Gasteiger partial charge in [-0.15, -0.1) is 24.0 Å². The van der Waals surface area contributed by atoms with Crippen LogP contribution in [0.2, 0.25) is 0 Å². The zero-order valence-corrected chi connectivity index (χ0v) is 14.5. The van der Waals surface area contributed by atoms with Gasteiger partial charge >= 0.3 is 0 Å². The molecule has 2 heterocycles. The average Bonchev–Trinajstić information content (AvgIpc) is 2.85. The van der Waals surface area contributed by atoms with E-state index in [9.17, 15) is 0 Å². The van der Waals surface area contributed by atoms with Gasteiger partial charge in [-0.3, -0.25) is 4.99 Å². The molecule has 0 aliphatic carbocycles. The maximum absolute atomic E-state index is 4.32. The second-order valence-corrected chi connectivity index (χ2v) is 5.11. The number of likely N-dealkylation sites (N-methyl/N-ethyl adjacent to an activating group) is 1. The molecule has 0 saturated carbocycles. The van der Waals surface area contributed by atoms with Crippen LogP contribution in [-0.4, -0.2) is 37.5 Å². The summed E-state index contributed by atoms with van der Waals surface area (Å²) in [7, 11) is 3.89. The first kappa shape index (κ1) is 15.2. The number of fused-ring (bicyclic) bond motifs is 1. The van der Waals surface area contributed by atoms with Gasteiger partial charge in [0.2, 0.25) is 0 Å². The third-order valence-electron chi connectivity index (χ3n) is 3.97. The van der Waals surface area contributed by atoms with Crippen molar-refractivity contribution in [2.24, 2.45) is 4.99 Å². The van der Waals surface area contributed by atoms with Gasteiger partial charge in [-0.25, -0.2) is 0 Å². The van der Waals surface area contributed by atoms with Crippen molar-refractivity contribution in [2.45, 2.75) is 19.4 Å². The molecule has 0 radical (unpaired) electrons. The Morgan fingerprint density at radius 2 is 2.05 bits per heavy atom. The second kappa shape index (κ2) is 6.03. The first-order valence-electron chi connectivity index (χ1n) is 6.74. The Hall–Kier alpha value is -1.24. The first-order chi connectivity index (χ1) is 9.20. The highest BCUT2D eigenvalue weighted by atomic mass is 127. The fourth-order valence-electron chi connectivity index (χ4n) is 2.74. The number of aliphatic imine (C=N–C) groups is 1. The molecule has 1 aromatic rings. The number of benzene rings is 1. The van der Waals surface area contributed by atoms with Crippen molar-refractivity contribution in [3.63, 3.8) is 0 Å². The molecule has 108 valence electrons. The summed E-state index contributed by atoms with van der Waals surface area (Å²) in [4.78, 5) is 8.82. The molecule has 2 aliphatic heterocycles. The minimum atomic E-state index is 0. The molecule has 0 spiro atoms. The Balaban J connectivity index is 0.00000147. The lowest BCUT2D eigenvalue weighted by Crippen LogP contribution is -2.50. The van der Waals surface area contributed by atoms with E-state index in [0.29, 0.717) is 6.04 Å². The minimum absolute atomic E-state index is 0. The van der Waals surface area contributed by atoms with Crippen LogP contribution in [0.5, 0.6) is 0 Å². The van der Waals surface area contributed by atoms with Crippen molar-refractivity contribution < 1.29 is 0 Å². The highest BCUT2D eigenvalue weighted by molar-refractivity contribution is 14.0. The third kappa shape index (κ3) is 2.51. The molecular weight excluding hydrogens is 363 g/mol. The van der Waals surface area contributed by atoms with E-state index in [0.717, 1.165) is 24.7 Å². The summed E-state index contributed by atoms with van der Waals surface area (Å²) in [5.74, 6) is 2.07. The number of anilines is 1. The molecule has 0 fully saturated rings. The van der Waals surface area contributed by atoms with Crippen LogP contribution in [0.3, 0.4) is 0 Å². The average molecular weight is 384 g/mol. The smallest absolute Gasteiger partial charge is 0.199 e. The molecule has 1 N–H and O–H groups in total. The maximum Gasteiger partial charge on any atom is 0.199 e. The fourth-order valence-corrected chi connectivity index (χ4v) is 2.74. The Labute approximate surface area is 137 Å². The number of hydrogen-bond acceptors (Lipinski definition) is 2. The van der Waals surface area contributed by atoms with Crippen molar-refractivity contribution in [3.8, 4) is 0 Å². The summed E-state index contributed by atoms with van der Waals surface area (Å²) in [6.45, 7) is 3.22. The summed E-state index contributed by atoms with van der Waals surface area (Å²) in [6.07, 6.45) is 3.37. The van der Waals surface area contributed by atoms with Gasteiger partial charge in [0, 0.05) is 26.3 Å². The second-order valence-electron chi connectivity index (χ2n) is 5.11. The van der Waals surface area contributed by atoms with E-state index in [4.69, 9.17) is 0 Å². The van der Waals surface area contributed by atoms with E-state index in [2.05, 4.69) is 64.4 Å². The molecule has 5 heteroatoms. The molecule has 1 unspecified atom stereocenters. The van der Waals surface area contributed by atoms with Gasteiger partial charge in [0.15, 0.2) is 5.96 Å². The number of halogens is 1. The Morgan fingerprint density at radius 1 is 1.30 bits per heavy atom. The quantitative estimate of drug-likeness (QED) is 0.755. The Bertz CT molecular complexity index is 553. The lowest BCUT2D eigenvalue weighted by molar-refractivity contribution is 0.420. The molecule has 3 rings (SSSR count). The summed E-state index contributed by atoms with van der Waals surface area (Å²) >= 11 is 0. The minimum Gasteiger partial charge on any atom is -0.339 e. The van der Waals surface area contributed by atoms with Gasteiger partial charge in [-0.1, -0.05) is 18.2 Å². The van der Waals surface area contributed by atoms with E-state index in [-0.39, 0.29) is 24.0 Å². The normalized spacial score (nSPS) is 23.1. The number of rotatable bonds is 1. The van der Waals surface area contributed by atoms with Gasteiger partial charge in [0.05, 0.1) is 6.04 Å². The number of nitrogens with zero attached hydrogens (tertiary/aromatic N) is 3. The molecule has 1 atom stereocenters. The van der Waals surface area contributed by atoms with Crippen LogP contribution in [-0.2, 0) is 6.42 Å². The van der Waals surface area contributed by atoms with Crippen LogP contribution in [0.25, 0.3) is 0 Å². The van der Waals surface area contributed by atoms with Crippen molar-refractivity contribution in [2.75, 3.05) is 25.5 Å². The number of hydrogen-bond donors (Lipinski definition) is 1. The Kier molecular flexibility index (Phi) is 4.57. The highest BCUT2D eigenvalue weighted by Gasteiger charge is 2.27. The van der Waals surface area contributed by atoms with E-state index in [1.807, 2.05) is 7.05 Å². The molecule has 0 amide bonds. The van der Waals surface area contributed by atoms with Crippen LogP contribution in [0, 0.1) is 0 Å². The van der Waals surface area contributed by atoms with Gasteiger partial charge in [-0.2, -0.15) is 0 Å². The predicted molar refractivity (Wildman–Crippen MR) is 94.7 cm³/mol. The predicted octanol–water partition coefficient (Wildman–Crippen LogP) is 2.42. The Morgan fingerprint density at radius 3 is 2.80 bits per heavy atom. The number of guanidine groups is 1. The van der Waals surface area contributed by atoms with Crippen molar-refractivity contribution in [3.05, 3.63) is 41.7 Å². The number of nitrogens with one attached hydrogen (secondary N) is 1. The lowest BCUT2D eigenvalue weighted by Gasteiger charge is -2.36. The van der Waals surface area contributed by atoms with Crippen LogP contribution < -0.4 is 10.2 Å². The zero-order valence-electron chi connectivity index (χ0n) is 12.1. The van der Waals surface area contributed by atoms with E-state index >= 15 is 0 Å². The molecule has 0 bridgehead atoms. The van der Waals surface area contributed by atoms with Crippen molar-refractivity contribution in [1.82, 2.24) is 10.2 Å². The van der Waals surface area contributed by atoms with Gasteiger partial charge in [0.1, 0.15) is 5.82 Å². The molecule has 2 aliphatic rings. The van der Waals surface area contributed by atoms with E-state index in [1.54, 1.807) is 0 Å². The summed E-state index contributed by atoms with van der Waals surface area (Å²) in [6, 6.07) is 8.97.